The lowest BCUT2D eigenvalue weighted by atomic mass is 10.2. The molecule has 1 heterocycles. The molecule has 0 saturated carbocycles. The summed E-state index contributed by atoms with van der Waals surface area (Å²) in [5.41, 5.74) is 0.711. The topological polar surface area (TPSA) is 79.6 Å². The van der Waals surface area contributed by atoms with Gasteiger partial charge in [0.1, 0.15) is 13.1 Å². The zero-order valence-electron chi connectivity index (χ0n) is 11.3. The first-order valence-electron chi connectivity index (χ1n) is 6.03. The van der Waals surface area contributed by atoms with Crippen LogP contribution in [0.5, 0.6) is 0 Å². The minimum atomic E-state index is -1.05. The van der Waals surface area contributed by atoms with Crippen molar-refractivity contribution in [1.29, 1.82) is 0 Å². The summed E-state index contributed by atoms with van der Waals surface area (Å²) in [4.78, 5) is 35.6. The monoisotopic (exact) mass is 286 g/mol. The average molecular weight is 286 g/mol. The van der Waals surface area contributed by atoms with Crippen LogP contribution in [-0.4, -0.2) is 39.0 Å². The lowest BCUT2D eigenvalue weighted by molar-refractivity contribution is -0.146. The molecule has 0 aliphatic heterocycles. The summed E-state index contributed by atoms with van der Waals surface area (Å²) in [6.45, 7) is 4.98. The van der Waals surface area contributed by atoms with Crippen molar-refractivity contribution in [2.45, 2.75) is 39.8 Å². The van der Waals surface area contributed by atoms with Gasteiger partial charge in [-0.05, 0) is 20.3 Å². The normalized spacial score (nSPS) is 12.2. The largest absolute Gasteiger partial charge is 0.480 e. The van der Waals surface area contributed by atoms with E-state index in [0.29, 0.717) is 12.1 Å². The number of carbonyl (C=O) groups is 2. The van der Waals surface area contributed by atoms with Gasteiger partial charge in [0.2, 0.25) is 5.91 Å². The predicted molar refractivity (Wildman–Crippen MR) is 72.4 cm³/mol. The fourth-order valence-corrected chi connectivity index (χ4v) is 2.41. The minimum Gasteiger partial charge on any atom is -0.480 e. The summed E-state index contributed by atoms with van der Waals surface area (Å²) < 4.78 is 1.37. The molecule has 0 radical (unpaired) electrons. The number of nitrogens with zero attached hydrogens (tertiary/aromatic N) is 2. The van der Waals surface area contributed by atoms with Gasteiger partial charge in [-0.15, -0.1) is 0 Å². The third kappa shape index (κ3) is 3.92. The summed E-state index contributed by atoms with van der Waals surface area (Å²) >= 11 is 1.03. The number of rotatable bonds is 6. The number of carbonyl (C=O) groups excluding carboxylic acids is 1. The smallest absolute Gasteiger partial charge is 0.323 e. The Morgan fingerprint density at radius 1 is 1.53 bits per heavy atom. The van der Waals surface area contributed by atoms with Gasteiger partial charge in [0.05, 0.1) is 0 Å². The van der Waals surface area contributed by atoms with Gasteiger partial charge in [-0.3, -0.25) is 19.0 Å². The summed E-state index contributed by atoms with van der Waals surface area (Å²) in [6, 6.07) is -0.168. The van der Waals surface area contributed by atoms with Gasteiger partial charge in [-0.25, -0.2) is 0 Å². The Labute approximate surface area is 115 Å². The molecule has 0 spiro atoms. The Morgan fingerprint density at radius 3 is 2.58 bits per heavy atom. The summed E-state index contributed by atoms with van der Waals surface area (Å²) in [6.07, 6.45) is 0.663. The van der Waals surface area contributed by atoms with Crippen LogP contribution in [0, 0.1) is 6.92 Å². The zero-order valence-corrected chi connectivity index (χ0v) is 12.1. The third-order valence-corrected chi connectivity index (χ3v) is 3.90. The molecule has 1 N–H and O–H groups in total. The van der Waals surface area contributed by atoms with E-state index >= 15 is 0 Å². The van der Waals surface area contributed by atoms with Gasteiger partial charge in [0.15, 0.2) is 0 Å². The standard InChI is InChI=1S/C12H18N2O4S/c1-4-8(2)13(6-11(16)17)10(15)5-14-9(3)7-19-12(14)18/h7-8H,4-6H2,1-3H3,(H,16,17). The highest BCUT2D eigenvalue weighted by Gasteiger charge is 2.22. The molecule has 19 heavy (non-hydrogen) atoms. The first-order chi connectivity index (χ1) is 8.86. The van der Waals surface area contributed by atoms with Gasteiger partial charge in [0, 0.05) is 17.1 Å². The molecule has 1 amide bonds. The van der Waals surface area contributed by atoms with E-state index in [-0.39, 0.29) is 29.9 Å². The maximum absolute atomic E-state index is 12.2. The molecule has 1 aromatic heterocycles. The van der Waals surface area contributed by atoms with Crippen LogP contribution in [0.25, 0.3) is 0 Å². The predicted octanol–water partition coefficient (Wildman–Crippen LogP) is 0.930. The van der Waals surface area contributed by atoms with Gasteiger partial charge >= 0.3 is 10.8 Å². The van der Waals surface area contributed by atoms with Crippen molar-refractivity contribution in [1.82, 2.24) is 9.47 Å². The quantitative estimate of drug-likeness (QED) is 0.843. The van der Waals surface area contributed by atoms with Crippen molar-refractivity contribution in [3.05, 3.63) is 20.7 Å². The molecule has 0 aromatic carbocycles. The number of aliphatic carboxylic acids is 1. The highest BCUT2D eigenvalue weighted by atomic mass is 32.1. The lowest BCUT2D eigenvalue weighted by Crippen LogP contribution is -2.44. The molecule has 0 bridgehead atoms. The summed E-state index contributed by atoms with van der Waals surface area (Å²) in [5, 5.41) is 10.5. The molecule has 0 aliphatic rings. The van der Waals surface area contributed by atoms with E-state index < -0.39 is 5.97 Å². The second kappa shape index (κ2) is 6.51. The Kier molecular flexibility index (Phi) is 5.29. The van der Waals surface area contributed by atoms with Crippen LogP contribution in [0.3, 0.4) is 0 Å². The molecule has 0 saturated heterocycles. The Hall–Kier alpha value is -1.63. The van der Waals surface area contributed by atoms with Crippen LogP contribution in [0.4, 0.5) is 0 Å². The van der Waals surface area contributed by atoms with E-state index in [1.165, 1.54) is 9.47 Å². The molecule has 1 aromatic rings. The Balaban J connectivity index is 2.88. The highest BCUT2D eigenvalue weighted by Crippen LogP contribution is 2.07. The maximum Gasteiger partial charge on any atom is 0.323 e. The van der Waals surface area contributed by atoms with Crippen LogP contribution in [0.1, 0.15) is 26.0 Å². The number of carboxylic acids is 1. The van der Waals surface area contributed by atoms with E-state index in [0.717, 1.165) is 11.3 Å². The molecule has 106 valence electrons. The van der Waals surface area contributed by atoms with E-state index in [9.17, 15) is 14.4 Å². The Bertz CT molecular complexity index is 520. The second-order valence-corrected chi connectivity index (χ2v) is 5.22. The Morgan fingerprint density at radius 2 is 2.16 bits per heavy atom. The van der Waals surface area contributed by atoms with Crippen molar-refractivity contribution in [3.63, 3.8) is 0 Å². The SMILES string of the molecule is CCC(C)N(CC(=O)O)C(=O)Cn1c(C)csc1=O. The summed E-state index contributed by atoms with van der Waals surface area (Å²) in [7, 11) is 0. The number of hydrogen-bond acceptors (Lipinski definition) is 4. The van der Waals surface area contributed by atoms with E-state index in [4.69, 9.17) is 5.11 Å². The van der Waals surface area contributed by atoms with Gasteiger partial charge in [0.25, 0.3) is 0 Å². The maximum atomic E-state index is 12.2. The first-order valence-corrected chi connectivity index (χ1v) is 6.91. The molecule has 0 aliphatic carbocycles. The number of carboxylic acid groups (broad SMARTS) is 1. The van der Waals surface area contributed by atoms with E-state index in [2.05, 4.69) is 0 Å². The van der Waals surface area contributed by atoms with Crippen LogP contribution < -0.4 is 4.87 Å². The fourth-order valence-electron chi connectivity index (χ4n) is 1.68. The number of thiazole rings is 1. The first kappa shape index (κ1) is 15.4. The highest BCUT2D eigenvalue weighted by molar-refractivity contribution is 7.07. The minimum absolute atomic E-state index is 0.105. The molecular weight excluding hydrogens is 268 g/mol. The van der Waals surface area contributed by atoms with E-state index in [1.807, 2.05) is 6.92 Å². The molecule has 1 rings (SSSR count). The van der Waals surface area contributed by atoms with Crippen molar-refractivity contribution < 1.29 is 14.7 Å². The third-order valence-electron chi connectivity index (χ3n) is 3.02. The number of aromatic nitrogens is 1. The van der Waals surface area contributed by atoms with Crippen LogP contribution in [0.2, 0.25) is 0 Å². The van der Waals surface area contributed by atoms with Crippen molar-refractivity contribution in [2.24, 2.45) is 0 Å². The van der Waals surface area contributed by atoms with E-state index in [1.54, 1.807) is 19.2 Å². The van der Waals surface area contributed by atoms with Crippen LogP contribution >= 0.6 is 11.3 Å². The van der Waals surface area contributed by atoms with Gasteiger partial charge in [-0.1, -0.05) is 18.3 Å². The number of amides is 1. The number of hydrogen-bond donors (Lipinski definition) is 1. The fraction of sp³-hybridized carbons (Fsp3) is 0.583. The molecule has 7 heteroatoms. The van der Waals surface area contributed by atoms with Gasteiger partial charge < -0.3 is 10.0 Å². The molecule has 1 atom stereocenters. The van der Waals surface area contributed by atoms with Crippen molar-refractivity contribution in [3.8, 4) is 0 Å². The molecule has 0 fully saturated rings. The molecule has 1 unspecified atom stereocenters. The van der Waals surface area contributed by atoms with Crippen LogP contribution in [0.15, 0.2) is 10.2 Å². The molecule has 6 nitrogen and oxygen atoms in total. The second-order valence-electron chi connectivity index (χ2n) is 4.40. The lowest BCUT2D eigenvalue weighted by Gasteiger charge is -2.27. The van der Waals surface area contributed by atoms with Crippen molar-refractivity contribution >= 4 is 23.2 Å². The van der Waals surface area contributed by atoms with Crippen molar-refractivity contribution in [2.75, 3.05) is 6.54 Å². The molecular formula is C12H18N2O4S. The van der Waals surface area contributed by atoms with Crippen LogP contribution in [-0.2, 0) is 16.1 Å². The summed E-state index contributed by atoms with van der Waals surface area (Å²) in [5.74, 6) is -1.40. The average Bonchev–Trinajstić information content (AvgIpc) is 2.66. The number of aryl methyl sites for hydroxylation is 1. The van der Waals surface area contributed by atoms with Gasteiger partial charge in [-0.2, -0.15) is 0 Å². The zero-order chi connectivity index (χ0) is 14.6.